The molecule has 5 heteroatoms. The van der Waals surface area contributed by atoms with Gasteiger partial charge in [-0.15, -0.1) is 5.10 Å². The second-order valence-electron chi connectivity index (χ2n) is 4.15. The van der Waals surface area contributed by atoms with Crippen LogP contribution in [0.25, 0.3) is 5.69 Å². The summed E-state index contributed by atoms with van der Waals surface area (Å²) in [6, 6.07) is 8.16. The van der Waals surface area contributed by atoms with Crippen LogP contribution < -0.4 is 10.6 Å². The van der Waals surface area contributed by atoms with Gasteiger partial charge in [0.2, 0.25) is 0 Å². The number of nitrogens with two attached hydrogens (primary N) is 1. The number of anilines is 1. The summed E-state index contributed by atoms with van der Waals surface area (Å²) in [6.45, 7) is 2.39. The van der Waals surface area contributed by atoms with E-state index in [4.69, 9.17) is 5.73 Å². The van der Waals surface area contributed by atoms with E-state index in [1.807, 2.05) is 37.8 Å². The molecule has 1 aromatic heterocycles. The zero-order valence-electron chi connectivity index (χ0n) is 10.4. The number of benzene rings is 1. The molecule has 2 rings (SSSR count). The van der Waals surface area contributed by atoms with E-state index in [2.05, 4.69) is 27.3 Å². The minimum absolute atomic E-state index is 0.418. The summed E-state index contributed by atoms with van der Waals surface area (Å²) < 4.78 is 1.81. The van der Waals surface area contributed by atoms with Crippen molar-refractivity contribution in [1.29, 1.82) is 0 Å². The molecule has 1 aromatic carbocycles. The SMILES string of the molecule is Cc1c(CN)nnn1-c1ccc(N(C)C)cc1. The molecule has 0 amide bonds. The molecule has 2 N–H and O–H groups in total. The lowest BCUT2D eigenvalue weighted by atomic mass is 10.2. The molecule has 0 spiro atoms. The number of rotatable bonds is 3. The number of hydrogen-bond acceptors (Lipinski definition) is 4. The van der Waals surface area contributed by atoms with Crippen LogP contribution in [0.1, 0.15) is 11.4 Å². The summed E-state index contributed by atoms with van der Waals surface area (Å²) in [7, 11) is 4.03. The van der Waals surface area contributed by atoms with Crippen molar-refractivity contribution in [3.63, 3.8) is 0 Å². The predicted octanol–water partition coefficient (Wildman–Crippen LogP) is 1.10. The monoisotopic (exact) mass is 231 g/mol. The topological polar surface area (TPSA) is 60.0 Å². The normalized spacial score (nSPS) is 10.6. The van der Waals surface area contributed by atoms with E-state index >= 15 is 0 Å². The molecule has 90 valence electrons. The van der Waals surface area contributed by atoms with Crippen molar-refractivity contribution in [2.24, 2.45) is 5.73 Å². The molecule has 0 aliphatic heterocycles. The summed E-state index contributed by atoms with van der Waals surface area (Å²) in [5.41, 5.74) is 9.57. The zero-order chi connectivity index (χ0) is 12.4. The molecular weight excluding hydrogens is 214 g/mol. The molecule has 1 heterocycles. The van der Waals surface area contributed by atoms with Crippen LogP contribution in [0.3, 0.4) is 0 Å². The van der Waals surface area contributed by atoms with Gasteiger partial charge in [-0.25, -0.2) is 4.68 Å². The average Bonchev–Trinajstić information content (AvgIpc) is 2.70. The van der Waals surface area contributed by atoms with Crippen LogP contribution >= 0.6 is 0 Å². The Morgan fingerprint density at radius 3 is 2.35 bits per heavy atom. The predicted molar refractivity (Wildman–Crippen MR) is 68.3 cm³/mol. The maximum absolute atomic E-state index is 5.58. The van der Waals surface area contributed by atoms with Crippen LogP contribution in [-0.2, 0) is 6.54 Å². The summed E-state index contributed by atoms with van der Waals surface area (Å²) >= 11 is 0. The van der Waals surface area contributed by atoms with Crippen LogP contribution in [0.15, 0.2) is 24.3 Å². The highest BCUT2D eigenvalue weighted by atomic mass is 15.4. The molecule has 5 nitrogen and oxygen atoms in total. The fraction of sp³-hybridized carbons (Fsp3) is 0.333. The van der Waals surface area contributed by atoms with Gasteiger partial charge in [-0.05, 0) is 31.2 Å². The van der Waals surface area contributed by atoms with E-state index in [0.717, 1.165) is 22.8 Å². The zero-order valence-corrected chi connectivity index (χ0v) is 10.4. The maximum Gasteiger partial charge on any atom is 0.0996 e. The molecule has 17 heavy (non-hydrogen) atoms. The van der Waals surface area contributed by atoms with Gasteiger partial charge in [0.15, 0.2) is 0 Å². The van der Waals surface area contributed by atoms with Crippen LogP contribution in [0.2, 0.25) is 0 Å². The lowest BCUT2D eigenvalue weighted by Crippen LogP contribution is -2.08. The lowest BCUT2D eigenvalue weighted by Gasteiger charge is -2.12. The first-order valence-corrected chi connectivity index (χ1v) is 5.52. The van der Waals surface area contributed by atoms with Crippen molar-refractivity contribution in [2.75, 3.05) is 19.0 Å². The average molecular weight is 231 g/mol. The van der Waals surface area contributed by atoms with Crippen LogP contribution in [0.4, 0.5) is 5.69 Å². The van der Waals surface area contributed by atoms with Crippen molar-refractivity contribution in [2.45, 2.75) is 13.5 Å². The Bertz CT molecular complexity index is 498. The number of hydrogen-bond donors (Lipinski definition) is 1. The van der Waals surface area contributed by atoms with E-state index in [-0.39, 0.29) is 0 Å². The first-order chi connectivity index (χ1) is 8.13. The molecular formula is C12H17N5. The highest BCUT2D eigenvalue weighted by molar-refractivity contribution is 5.49. The van der Waals surface area contributed by atoms with Crippen LogP contribution in [-0.4, -0.2) is 29.1 Å². The fourth-order valence-corrected chi connectivity index (χ4v) is 1.69. The van der Waals surface area contributed by atoms with E-state index in [0.29, 0.717) is 6.54 Å². The Morgan fingerprint density at radius 2 is 1.88 bits per heavy atom. The van der Waals surface area contributed by atoms with Crippen LogP contribution in [0.5, 0.6) is 0 Å². The van der Waals surface area contributed by atoms with Crippen LogP contribution in [0, 0.1) is 6.92 Å². The molecule has 0 saturated carbocycles. The molecule has 0 unspecified atom stereocenters. The third-order valence-corrected chi connectivity index (χ3v) is 2.79. The van der Waals surface area contributed by atoms with E-state index in [1.54, 1.807) is 0 Å². The van der Waals surface area contributed by atoms with Gasteiger partial charge in [-0.1, -0.05) is 5.21 Å². The van der Waals surface area contributed by atoms with Gasteiger partial charge in [0, 0.05) is 26.3 Å². The number of nitrogens with zero attached hydrogens (tertiary/aromatic N) is 4. The second-order valence-corrected chi connectivity index (χ2v) is 4.15. The molecule has 0 aliphatic carbocycles. The molecule has 0 atom stereocenters. The Morgan fingerprint density at radius 1 is 1.24 bits per heavy atom. The van der Waals surface area contributed by atoms with Gasteiger partial charge >= 0.3 is 0 Å². The summed E-state index contributed by atoms with van der Waals surface area (Å²) in [4.78, 5) is 2.06. The van der Waals surface area contributed by atoms with Gasteiger partial charge < -0.3 is 10.6 Å². The highest BCUT2D eigenvalue weighted by Crippen LogP contribution is 2.16. The largest absolute Gasteiger partial charge is 0.378 e. The van der Waals surface area contributed by atoms with Crippen molar-refractivity contribution in [3.8, 4) is 5.69 Å². The van der Waals surface area contributed by atoms with E-state index in [1.165, 1.54) is 0 Å². The van der Waals surface area contributed by atoms with Crippen molar-refractivity contribution >= 4 is 5.69 Å². The van der Waals surface area contributed by atoms with E-state index < -0.39 is 0 Å². The molecule has 0 aliphatic rings. The molecule has 0 radical (unpaired) electrons. The Kier molecular flexibility index (Phi) is 3.10. The Balaban J connectivity index is 2.36. The first-order valence-electron chi connectivity index (χ1n) is 5.52. The van der Waals surface area contributed by atoms with Crippen molar-refractivity contribution in [1.82, 2.24) is 15.0 Å². The Labute approximate surface area is 101 Å². The summed E-state index contributed by atoms with van der Waals surface area (Å²) in [6.07, 6.45) is 0. The third-order valence-electron chi connectivity index (χ3n) is 2.79. The van der Waals surface area contributed by atoms with Gasteiger partial charge in [0.1, 0.15) is 0 Å². The molecule has 2 aromatic rings. The highest BCUT2D eigenvalue weighted by Gasteiger charge is 2.08. The van der Waals surface area contributed by atoms with Crippen molar-refractivity contribution < 1.29 is 0 Å². The smallest absolute Gasteiger partial charge is 0.0996 e. The number of aromatic nitrogens is 3. The lowest BCUT2D eigenvalue weighted by molar-refractivity contribution is 0.782. The standard InChI is InChI=1S/C12H17N5/c1-9-12(8-13)14-15-17(9)11-6-4-10(5-7-11)16(2)3/h4-7H,8,13H2,1-3H3. The molecule has 0 saturated heterocycles. The van der Waals surface area contributed by atoms with Gasteiger partial charge in [-0.3, -0.25) is 0 Å². The second kappa shape index (κ2) is 4.55. The summed E-state index contributed by atoms with van der Waals surface area (Å²) in [5.74, 6) is 0. The molecule has 0 fully saturated rings. The van der Waals surface area contributed by atoms with Crippen molar-refractivity contribution in [3.05, 3.63) is 35.7 Å². The van der Waals surface area contributed by atoms with Gasteiger partial charge in [0.05, 0.1) is 17.1 Å². The third kappa shape index (κ3) is 2.14. The van der Waals surface area contributed by atoms with E-state index in [9.17, 15) is 0 Å². The van der Waals surface area contributed by atoms with Gasteiger partial charge in [0.25, 0.3) is 0 Å². The van der Waals surface area contributed by atoms with Gasteiger partial charge in [-0.2, -0.15) is 0 Å². The Hall–Kier alpha value is -1.88. The first kappa shape index (κ1) is 11.6. The minimum atomic E-state index is 0.418. The summed E-state index contributed by atoms with van der Waals surface area (Å²) in [5, 5.41) is 8.15. The fourth-order valence-electron chi connectivity index (χ4n) is 1.69. The molecule has 0 bridgehead atoms. The maximum atomic E-state index is 5.58. The quantitative estimate of drug-likeness (QED) is 0.859. The minimum Gasteiger partial charge on any atom is -0.378 e.